The molecule has 0 aliphatic carbocycles. The molecule has 5 nitrogen and oxygen atoms in total. The fraction of sp³-hybridized carbons (Fsp3) is 0.375. The van der Waals surface area contributed by atoms with Crippen LogP contribution in [0.3, 0.4) is 0 Å². The maximum atomic E-state index is 12.3. The summed E-state index contributed by atoms with van der Waals surface area (Å²) in [4.78, 5) is 13.8. The molecule has 1 amide bonds. The van der Waals surface area contributed by atoms with Crippen molar-refractivity contribution in [2.75, 3.05) is 20.2 Å². The van der Waals surface area contributed by atoms with Gasteiger partial charge in [0.25, 0.3) is 5.91 Å². The number of aliphatic hydroxyl groups excluding tert-OH is 1. The van der Waals surface area contributed by atoms with Gasteiger partial charge in [0, 0.05) is 19.3 Å². The lowest BCUT2D eigenvalue weighted by Gasteiger charge is -2.13. The maximum absolute atomic E-state index is 12.3. The number of hydrogen-bond donors (Lipinski definition) is 1. The third kappa shape index (κ3) is 3.31. The van der Waals surface area contributed by atoms with Crippen molar-refractivity contribution in [2.24, 2.45) is 0 Å². The zero-order chi connectivity index (χ0) is 15.4. The first-order valence-electron chi connectivity index (χ1n) is 7.06. The number of para-hydroxylation sites is 1. The highest BCUT2D eigenvalue weighted by Crippen LogP contribution is 2.20. The number of hydrogen-bond acceptors (Lipinski definition) is 3. The van der Waals surface area contributed by atoms with Crippen LogP contribution >= 0.6 is 0 Å². The molecule has 0 bridgehead atoms. The second-order valence-electron chi connectivity index (χ2n) is 5.31. The molecule has 21 heavy (non-hydrogen) atoms. The minimum atomic E-state index is -0.180. The van der Waals surface area contributed by atoms with E-state index < -0.39 is 0 Å². The highest BCUT2D eigenvalue weighted by molar-refractivity contribution is 5.92. The minimum absolute atomic E-state index is 0.0569. The van der Waals surface area contributed by atoms with Crippen LogP contribution in [-0.4, -0.2) is 45.9 Å². The number of aromatic nitrogens is 2. The van der Waals surface area contributed by atoms with E-state index in [-0.39, 0.29) is 18.4 Å². The summed E-state index contributed by atoms with van der Waals surface area (Å²) in [5.74, 6) is 0.0723. The first-order chi connectivity index (χ1) is 10.0. The number of amides is 1. The lowest BCUT2D eigenvalue weighted by Crippen LogP contribution is -2.29. The summed E-state index contributed by atoms with van der Waals surface area (Å²) in [5, 5.41) is 13.4. The average molecular weight is 287 g/mol. The van der Waals surface area contributed by atoms with E-state index in [0.717, 1.165) is 11.4 Å². The molecular weight excluding hydrogens is 266 g/mol. The molecule has 0 spiro atoms. The SMILES string of the molecule is CC(C)c1cc(C(=O)N(C)CCO)nn1-c1ccccc1. The first kappa shape index (κ1) is 15.3. The van der Waals surface area contributed by atoms with Crippen molar-refractivity contribution >= 4 is 5.91 Å². The smallest absolute Gasteiger partial charge is 0.274 e. The van der Waals surface area contributed by atoms with Gasteiger partial charge in [0.15, 0.2) is 5.69 Å². The summed E-state index contributed by atoms with van der Waals surface area (Å²) < 4.78 is 1.81. The minimum Gasteiger partial charge on any atom is -0.395 e. The monoisotopic (exact) mass is 287 g/mol. The Hall–Kier alpha value is -2.14. The topological polar surface area (TPSA) is 58.4 Å². The molecule has 1 aromatic heterocycles. The van der Waals surface area contributed by atoms with Crippen molar-refractivity contribution in [2.45, 2.75) is 19.8 Å². The molecule has 2 aromatic rings. The second kappa shape index (κ2) is 6.54. The van der Waals surface area contributed by atoms with Gasteiger partial charge in [-0.05, 0) is 24.1 Å². The van der Waals surface area contributed by atoms with Crippen molar-refractivity contribution < 1.29 is 9.90 Å². The molecule has 0 radical (unpaired) electrons. The van der Waals surface area contributed by atoms with Crippen molar-refractivity contribution in [3.63, 3.8) is 0 Å². The van der Waals surface area contributed by atoms with E-state index in [4.69, 9.17) is 5.11 Å². The van der Waals surface area contributed by atoms with Crippen LogP contribution in [0.5, 0.6) is 0 Å². The van der Waals surface area contributed by atoms with Gasteiger partial charge in [0.2, 0.25) is 0 Å². The van der Waals surface area contributed by atoms with Crippen LogP contribution < -0.4 is 0 Å². The van der Waals surface area contributed by atoms with Gasteiger partial charge in [0.1, 0.15) is 0 Å². The third-order valence-electron chi connectivity index (χ3n) is 3.33. The summed E-state index contributed by atoms with van der Waals surface area (Å²) in [7, 11) is 1.66. The molecule has 0 atom stereocenters. The number of rotatable bonds is 5. The number of nitrogens with zero attached hydrogens (tertiary/aromatic N) is 3. The molecule has 0 aliphatic heterocycles. The maximum Gasteiger partial charge on any atom is 0.274 e. The Morgan fingerprint density at radius 1 is 1.33 bits per heavy atom. The Bertz CT molecular complexity index is 605. The van der Waals surface area contributed by atoms with Crippen LogP contribution in [0, 0.1) is 0 Å². The summed E-state index contributed by atoms with van der Waals surface area (Å²) in [6.45, 7) is 4.39. The molecule has 2 rings (SSSR count). The van der Waals surface area contributed by atoms with Gasteiger partial charge in [-0.25, -0.2) is 4.68 Å². The summed E-state index contributed by atoms with van der Waals surface area (Å²) in [6, 6.07) is 11.6. The van der Waals surface area contributed by atoms with Crippen molar-refractivity contribution in [1.82, 2.24) is 14.7 Å². The number of benzene rings is 1. The number of carbonyl (C=O) groups is 1. The van der Waals surface area contributed by atoms with E-state index in [2.05, 4.69) is 18.9 Å². The van der Waals surface area contributed by atoms with E-state index >= 15 is 0 Å². The van der Waals surface area contributed by atoms with E-state index in [9.17, 15) is 4.79 Å². The molecule has 0 fully saturated rings. The van der Waals surface area contributed by atoms with Crippen LogP contribution in [0.25, 0.3) is 5.69 Å². The van der Waals surface area contributed by atoms with Gasteiger partial charge in [-0.1, -0.05) is 32.0 Å². The molecule has 0 aliphatic rings. The van der Waals surface area contributed by atoms with E-state index in [1.165, 1.54) is 4.90 Å². The van der Waals surface area contributed by atoms with Crippen molar-refractivity contribution in [3.05, 3.63) is 47.8 Å². The molecule has 5 heteroatoms. The van der Waals surface area contributed by atoms with Gasteiger partial charge in [-0.3, -0.25) is 4.79 Å². The summed E-state index contributed by atoms with van der Waals surface area (Å²) >= 11 is 0. The van der Waals surface area contributed by atoms with Gasteiger partial charge in [0.05, 0.1) is 12.3 Å². The van der Waals surface area contributed by atoms with Crippen LogP contribution in [0.4, 0.5) is 0 Å². The molecule has 112 valence electrons. The van der Waals surface area contributed by atoms with Crippen molar-refractivity contribution in [3.8, 4) is 5.69 Å². The molecule has 1 aromatic carbocycles. The highest BCUT2D eigenvalue weighted by atomic mass is 16.3. The number of likely N-dealkylation sites (N-methyl/N-ethyl adjacent to an activating group) is 1. The van der Waals surface area contributed by atoms with Gasteiger partial charge < -0.3 is 10.0 Å². The predicted octanol–water partition coefficient (Wildman–Crippen LogP) is 2.06. The number of carbonyl (C=O) groups excluding carboxylic acids is 1. The fourth-order valence-electron chi connectivity index (χ4n) is 2.13. The largest absolute Gasteiger partial charge is 0.395 e. The van der Waals surface area contributed by atoms with Crippen molar-refractivity contribution in [1.29, 1.82) is 0 Å². The fourth-order valence-corrected chi connectivity index (χ4v) is 2.13. The molecule has 1 heterocycles. The van der Waals surface area contributed by atoms with Crippen LogP contribution in [-0.2, 0) is 0 Å². The molecule has 0 unspecified atom stereocenters. The van der Waals surface area contributed by atoms with Gasteiger partial charge in [-0.15, -0.1) is 0 Å². The lowest BCUT2D eigenvalue weighted by molar-refractivity contribution is 0.0760. The van der Waals surface area contributed by atoms with Crippen LogP contribution in [0.15, 0.2) is 36.4 Å². The summed E-state index contributed by atoms with van der Waals surface area (Å²) in [6.07, 6.45) is 0. The lowest BCUT2D eigenvalue weighted by atomic mass is 10.1. The zero-order valence-corrected chi connectivity index (χ0v) is 12.7. The van der Waals surface area contributed by atoms with E-state index in [0.29, 0.717) is 12.2 Å². The number of aliphatic hydroxyl groups is 1. The van der Waals surface area contributed by atoms with Gasteiger partial charge >= 0.3 is 0 Å². The van der Waals surface area contributed by atoms with Crippen LogP contribution in [0.2, 0.25) is 0 Å². The quantitative estimate of drug-likeness (QED) is 0.915. The Kier molecular flexibility index (Phi) is 4.75. The Balaban J connectivity index is 2.41. The standard InChI is InChI=1S/C16H21N3O2/c1-12(2)15-11-14(16(21)18(3)9-10-20)17-19(15)13-7-5-4-6-8-13/h4-8,11-12,20H,9-10H2,1-3H3. The van der Waals surface area contributed by atoms with Crippen LogP contribution in [0.1, 0.15) is 35.9 Å². The summed E-state index contributed by atoms with van der Waals surface area (Å²) in [5.41, 5.74) is 2.32. The highest BCUT2D eigenvalue weighted by Gasteiger charge is 2.19. The average Bonchev–Trinajstić information content (AvgIpc) is 2.93. The normalized spacial score (nSPS) is 10.9. The van der Waals surface area contributed by atoms with Gasteiger partial charge in [-0.2, -0.15) is 5.10 Å². The van der Waals surface area contributed by atoms with E-state index in [1.807, 2.05) is 41.1 Å². The predicted molar refractivity (Wildman–Crippen MR) is 81.7 cm³/mol. The van der Waals surface area contributed by atoms with E-state index in [1.54, 1.807) is 7.05 Å². The molecule has 0 saturated heterocycles. The zero-order valence-electron chi connectivity index (χ0n) is 12.7. The molecule has 0 saturated carbocycles. The molecular formula is C16H21N3O2. The second-order valence-corrected chi connectivity index (χ2v) is 5.31. The third-order valence-corrected chi connectivity index (χ3v) is 3.33. The molecule has 1 N–H and O–H groups in total. The Labute approximate surface area is 124 Å². The Morgan fingerprint density at radius 3 is 2.57 bits per heavy atom. The first-order valence-corrected chi connectivity index (χ1v) is 7.06. The Morgan fingerprint density at radius 2 is 2.00 bits per heavy atom.